The lowest BCUT2D eigenvalue weighted by Gasteiger charge is -2.16. The molecule has 130 valence electrons. The van der Waals surface area contributed by atoms with Gasteiger partial charge in [-0.3, -0.25) is 4.79 Å². The zero-order valence-electron chi connectivity index (χ0n) is 14.8. The van der Waals surface area contributed by atoms with Crippen LogP contribution in [0.5, 0.6) is 0 Å². The highest BCUT2D eigenvalue weighted by Crippen LogP contribution is 2.24. The van der Waals surface area contributed by atoms with Crippen molar-refractivity contribution in [2.24, 2.45) is 5.10 Å². The van der Waals surface area contributed by atoms with E-state index in [9.17, 15) is 4.79 Å². The van der Waals surface area contributed by atoms with E-state index in [-0.39, 0.29) is 5.91 Å². The first kappa shape index (κ1) is 17.6. The first-order valence-corrected chi connectivity index (χ1v) is 8.81. The molecule has 0 aliphatic heterocycles. The second-order valence-electron chi connectivity index (χ2n) is 6.01. The number of carbonyl (C=O) groups excluding carboxylic acids is 1. The van der Waals surface area contributed by atoms with Gasteiger partial charge in [0.2, 0.25) is 0 Å². The molecule has 1 N–H and O–H groups in total. The Kier molecular flexibility index (Phi) is 5.94. The maximum Gasteiger partial charge on any atom is 0.252 e. The lowest BCUT2D eigenvalue weighted by atomic mass is 9.91. The summed E-state index contributed by atoms with van der Waals surface area (Å²) in [5.74, 6) is -0.528. The predicted molar refractivity (Wildman–Crippen MR) is 106 cm³/mol. The van der Waals surface area contributed by atoms with Gasteiger partial charge in [-0.15, -0.1) is 0 Å². The van der Waals surface area contributed by atoms with E-state index in [1.165, 1.54) is 0 Å². The Balaban J connectivity index is 1.88. The van der Waals surface area contributed by atoms with Gasteiger partial charge in [-0.1, -0.05) is 97.9 Å². The van der Waals surface area contributed by atoms with E-state index < -0.39 is 5.92 Å². The molecule has 3 nitrogen and oxygen atoms in total. The summed E-state index contributed by atoms with van der Waals surface area (Å²) >= 11 is 0. The van der Waals surface area contributed by atoms with Crippen molar-refractivity contribution in [2.45, 2.75) is 19.3 Å². The molecule has 0 aliphatic carbocycles. The van der Waals surface area contributed by atoms with E-state index in [1.54, 1.807) is 0 Å². The van der Waals surface area contributed by atoms with Crippen LogP contribution >= 0.6 is 0 Å². The molecular formula is C23H22N2O. The summed E-state index contributed by atoms with van der Waals surface area (Å²) in [6.45, 7) is 2.03. The van der Waals surface area contributed by atoms with Gasteiger partial charge >= 0.3 is 0 Å². The molecule has 0 spiro atoms. The summed E-state index contributed by atoms with van der Waals surface area (Å²) in [5, 5.41) is 4.40. The van der Waals surface area contributed by atoms with Gasteiger partial charge in [0.1, 0.15) is 0 Å². The van der Waals surface area contributed by atoms with Crippen LogP contribution in [0, 0.1) is 0 Å². The minimum Gasteiger partial charge on any atom is -0.272 e. The topological polar surface area (TPSA) is 41.5 Å². The van der Waals surface area contributed by atoms with Crippen LogP contribution in [0.25, 0.3) is 0 Å². The van der Waals surface area contributed by atoms with Crippen LogP contribution in [0.1, 0.15) is 36.0 Å². The number of nitrogens with zero attached hydrogens (tertiary/aromatic N) is 1. The highest BCUT2D eigenvalue weighted by Gasteiger charge is 2.22. The van der Waals surface area contributed by atoms with Gasteiger partial charge in [0, 0.05) is 0 Å². The molecule has 3 rings (SSSR count). The minimum atomic E-state index is -0.393. The number of hydrogen-bond acceptors (Lipinski definition) is 2. The second kappa shape index (κ2) is 8.77. The number of benzene rings is 3. The van der Waals surface area contributed by atoms with E-state index >= 15 is 0 Å². The lowest BCUT2D eigenvalue weighted by Crippen LogP contribution is -2.27. The van der Waals surface area contributed by atoms with Crippen molar-refractivity contribution in [3.05, 3.63) is 108 Å². The fraction of sp³-hybridized carbons (Fsp3) is 0.130. The van der Waals surface area contributed by atoms with Gasteiger partial charge < -0.3 is 0 Å². The van der Waals surface area contributed by atoms with Crippen LogP contribution in [0.15, 0.2) is 96.1 Å². The number of rotatable bonds is 6. The van der Waals surface area contributed by atoms with Gasteiger partial charge in [0.15, 0.2) is 0 Å². The number of amides is 1. The molecule has 0 unspecified atom stereocenters. The van der Waals surface area contributed by atoms with Gasteiger partial charge in [-0.2, -0.15) is 5.10 Å². The third-order valence-electron chi connectivity index (χ3n) is 4.27. The Morgan fingerprint density at radius 1 is 0.808 bits per heavy atom. The fourth-order valence-electron chi connectivity index (χ4n) is 2.95. The summed E-state index contributed by atoms with van der Waals surface area (Å²) in [6, 6.07) is 29.5. The van der Waals surface area contributed by atoms with E-state index in [0.717, 1.165) is 28.8 Å². The van der Waals surface area contributed by atoms with Crippen LogP contribution in [0.4, 0.5) is 0 Å². The van der Waals surface area contributed by atoms with E-state index in [2.05, 4.69) is 10.5 Å². The minimum absolute atomic E-state index is 0.135. The molecule has 0 saturated carbocycles. The second-order valence-corrected chi connectivity index (χ2v) is 6.01. The van der Waals surface area contributed by atoms with Crippen LogP contribution in [0.2, 0.25) is 0 Å². The average Bonchev–Trinajstić information content (AvgIpc) is 2.71. The Hall–Kier alpha value is -3.20. The van der Waals surface area contributed by atoms with E-state index in [4.69, 9.17) is 0 Å². The predicted octanol–water partition coefficient (Wildman–Crippen LogP) is 4.75. The smallest absolute Gasteiger partial charge is 0.252 e. The van der Waals surface area contributed by atoms with Gasteiger partial charge in [-0.05, 0) is 23.1 Å². The first-order valence-electron chi connectivity index (χ1n) is 8.81. The van der Waals surface area contributed by atoms with E-state index in [0.29, 0.717) is 0 Å². The van der Waals surface area contributed by atoms with Crippen molar-refractivity contribution >= 4 is 11.6 Å². The Morgan fingerprint density at radius 3 is 1.73 bits per heavy atom. The zero-order valence-corrected chi connectivity index (χ0v) is 14.8. The molecule has 3 aromatic carbocycles. The third-order valence-corrected chi connectivity index (χ3v) is 4.27. The number of nitrogens with one attached hydrogen (secondary N) is 1. The maximum absolute atomic E-state index is 13.0. The molecule has 26 heavy (non-hydrogen) atoms. The number of hydrazone groups is 1. The first-order chi connectivity index (χ1) is 12.8. The summed E-state index contributed by atoms with van der Waals surface area (Å²) in [7, 11) is 0. The van der Waals surface area contributed by atoms with Crippen molar-refractivity contribution < 1.29 is 4.79 Å². The van der Waals surface area contributed by atoms with Crippen LogP contribution in [-0.4, -0.2) is 11.6 Å². The summed E-state index contributed by atoms with van der Waals surface area (Å²) < 4.78 is 0. The Morgan fingerprint density at radius 2 is 1.27 bits per heavy atom. The zero-order chi connectivity index (χ0) is 18.2. The molecule has 0 aliphatic rings. The highest BCUT2D eigenvalue weighted by atomic mass is 16.2. The van der Waals surface area contributed by atoms with Crippen molar-refractivity contribution in [2.75, 3.05) is 0 Å². The van der Waals surface area contributed by atoms with Crippen LogP contribution in [-0.2, 0) is 4.79 Å². The van der Waals surface area contributed by atoms with Gasteiger partial charge in [0.05, 0.1) is 11.6 Å². The quantitative estimate of drug-likeness (QED) is 0.510. The van der Waals surface area contributed by atoms with Crippen molar-refractivity contribution in [3.63, 3.8) is 0 Å². The molecule has 0 atom stereocenters. The number of hydrogen-bond donors (Lipinski definition) is 1. The average molecular weight is 342 g/mol. The van der Waals surface area contributed by atoms with Crippen LogP contribution in [0.3, 0.4) is 0 Å². The third kappa shape index (κ3) is 4.25. The van der Waals surface area contributed by atoms with Crippen molar-refractivity contribution in [1.82, 2.24) is 5.43 Å². The Bertz CT molecular complexity index is 819. The SMILES string of the molecule is CCC(=NNC(=O)C(c1ccccc1)c1ccccc1)c1ccccc1. The molecule has 0 saturated heterocycles. The highest BCUT2D eigenvalue weighted by molar-refractivity contribution is 6.01. The standard InChI is InChI=1S/C23H22N2O/c1-2-21(18-12-6-3-7-13-18)24-25-23(26)22(19-14-8-4-9-15-19)20-16-10-5-11-17-20/h3-17,22H,2H2,1H3,(H,25,26). The summed E-state index contributed by atoms with van der Waals surface area (Å²) in [4.78, 5) is 13.0. The van der Waals surface area contributed by atoms with Gasteiger partial charge in [0.25, 0.3) is 5.91 Å². The number of carbonyl (C=O) groups is 1. The fourth-order valence-corrected chi connectivity index (χ4v) is 2.95. The van der Waals surface area contributed by atoms with Crippen molar-refractivity contribution in [3.8, 4) is 0 Å². The molecule has 0 bridgehead atoms. The summed E-state index contributed by atoms with van der Waals surface area (Å²) in [5.41, 5.74) is 6.55. The summed E-state index contributed by atoms with van der Waals surface area (Å²) in [6.07, 6.45) is 0.742. The monoisotopic (exact) mass is 342 g/mol. The lowest BCUT2D eigenvalue weighted by molar-refractivity contribution is -0.121. The molecule has 3 heteroatoms. The molecule has 0 heterocycles. The largest absolute Gasteiger partial charge is 0.272 e. The Labute approximate surface area is 154 Å². The molecule has 0 aromatic heterocycles. The van der Waals surface area contributed by atoms with Crippen LogP contribution < -0.4 is 5.43 Å². The molecular weight excluding hydrogens is 320 g/mol. The van der Waals surface area contributed by atoms with Gasteiger partial charge in [-0.25, -0.2) is 5.43 Å². The molecule has 3 aromatic rings. The normalized spacial score (nSPS) is 11.4. The van der Waals surface area contributed by atoms with Crippen molar-refractivity contribution in [1.29, 1.82) is 0 Å². The maximum atomic E-state index is 13.0. The molecule has 0 radical (unpaired) electrons. The molecule has 1 amide bonds. The van der Waals surface area contributed by atoms with E-state index in [1.807, 2.05) is 97.9 Å². The molecule has 0 fully saturated rings.